The molecule has 3 aliphatic rings. The van der Waals surface area contributed by atoms with E-state index in [0.29, 0.717) is 11.8 Å². The van der Waals surface area contributed by atoms with Gasteiger partial charge in [-0.25, -0.2) is 0 Å². The molecule has 4 rings (SSSR count). The van der Waals surface area contributed by atoms with Gasteiger partial charge in [0, 0.05) is 12.5 Å². The van der Waals surface area contributed by atoms with Gasteiger partial charge in [-0.15, -0.1) is 0 Å². The van der Waals surface area contributed by atoms with E-state index < -0.39 is 0 Å². The molecule has 2 unspecified atom stereocenters. The van der Waals surface area contributed by atoms with Gasteiger partial charge in [0.05, 0.1) is 0 Å². The number of hydrogen-bond donors (Lipinski definition) is 0. The second-order valence-corrected chi connectivity index (χ2v) is 8.38. The van der Waals surface area contributed by atoms with Crippen LogP contribution in [-0.2, 0) is 0 Å². The summed E-state index contributed by atoms with van der Waals surface area (Å²) in [6.07, 6.45) is 18.1. The fourth-order valence-electron chi connectivity index (χ4n) is 5.19. The van der Waals surface area contributed by atoms with Gasteiger partial charge in [-0.05, 0) is 61.9 Å². The third kappa shape index (κ3) is 3.53. The van der Waals surface area contributed by atoms with Crippen molar-refractivity contribution in [3.63, 3.8) is 0 Å². The van der Waals surface area contributed by atoms with E-state index in [-0.39, 0.29) is 0 Å². The van der Waals surface area contributed by atoms with Crippen LogP contribution in [0.4, 0.5) is 0 Å². The maximum absolute atomic E-state index is 2.51. The Kier molecular flexibility index (Phi) is 4.94. The Labute approximate surface area is 153 Å². The van der Waals surface area contributed by atoms with Crippen LogP contribution in [0.2, 0.25) is 0 Å². The summed E-state index contributed by atoms with van der Waals surface area (Å²) in [4.78, 5) is 2.27. The van der Waals surface area contributed by atoms with E-state index in [1.165, 1.54) is 43.2 Å². The second kappa shape index (κ2) is 7.33. The number of fused-ring (bicyclic) bond motifs is 1. The smallest absolute Gasteiger partial charge is 0.0224 e. The molecular formula is C24H31N. The Morgan fingerprint density at radius 2 is 1.84 bits per heavy atom. The summed E-state index contributed by atoms with van der Waals surface area (Å²) in [5.74, 6) is 2.12. The lowest BCUT2D eigenvalue weighted by Gasteiger charge is -2.38. The molecule has 0 amide bonds. The predicted molar refractivity (Wildman–Crippen MR) is 108 cm³/mol. The molecule has 1 aromatic carbocycles. The number of nitrogens with zero attached hydrogens (tertiary/aromatic N) is 1. The monoisotopic (exact) mass is 333 g/mol. The van der Waals surface area contributed by atoms with Crippen molar-refractivity contribution in [2.24, 2.45) is 11.8 Å². The van der Waals surface area contributed by atoms with Crippen LogP contribution >= 0.6 is 0 Å². The van der Waals surface area contributed by atoms with Gasteiger partial charge < -0.3 is 4.90 Å². The van der Waals surface area contributed by atoms with E-state index in [1.54, 1.807) is 11.1 Å². The van der Waals surface area contributed by atoms with Crippen molar-refractivity contribution in [2.45, 2.75) is 44.4 Å². The summed E-state index contributed by atoms with van der Waals surface area (Å²) in [6.45, 7) is 1.06. The first-order chi connectivity index (χ1) is 12.2. The van der Waals surface area contributed by atoms with Crippen LogP contribution in [0.25, 0.3) is 6.08 Å². The summed E-state index contributed by atoms with van der Waals surface area (Å²) < 4.78 is 0. The van der Waals surface area contributed by atoms with Gasteiger partial charge in [0.25, 0.3) is 0 Å². The minimum Gasteiger partial charge on any atom is -0.305 e. The van der Waals surface area contributed by atoms with Crippen molar-refractivity contribution in [3.05, 3.63) is 64.8 Å². The molecule has 0 aromatic heterocycles. The van der Waals surface area contributed by atoms with E-state index in [1.807, 2.05) is 0 Å². The van der Waals surface area contributed by atoms with Crippen molar-refractivity contribution < 1.29 is 0 Å². The summed E-state index contributed by atoms with van der Waals surface area (Å²) in [5.41, 5.74) is 6.19. The molecule has 3 aliphatic carbocycles. The summed E-state index contributed by atoms with van der Waals surface area (Å²) in [6, 6.07) is 9.13. The van der Waals surface area contributed by atoms with Gasteiger partial charge >= 0.3 is 0 Å². The Morgan fingerprint density at radius 3 is 2.64 bits per heavy atom. The zero-order chi connectivity index (χ0) is 17.2. The summed E-state index contributed by atoms with van der Waals surface area (Å²) in [7, 11) is 4.32. The molecule has 0 saturated heterocycles. The highest BCUT2D eigenvalue weighted by Gasteiger charge is 2.35. The van der Waals surface area contributed by atoms with Crippen LogP contribution in [0.15, 0.2) is 53.6 Å². The average Bonchev–Trinajstić information content (AvgIpc) is 3.09. The van der Waals surface area contributed by atoms with Crippen LogP contribution in [0.1, 0.15) is 55.6 Å². The second-order valence-electron chi connectivity index (χ2n) is 8.38. The fraction of sp³-hybridized carbons (Fsp3) is 0.500. The maximum Gasteiger partial charge on any atom is 0.0224 e. The Balaban J connectivity index is 1.65. The van der Waals surface area contributed by atoms with Gasteiger partial charge in [0.15, 0.2) is 0 Å². The van der Waals surface area contributed by atoms with E-state index in [2.05, 4.69) is 67.6 Å². The predicted octanol–water partition coefficient (Wildman–Crippen LogP) is 5.81. The Morgan fingerprint density at radius 1 is 1.04 bits per heavy atom. The van der Waals surface area contributed by atoms with Crippen molar-refractivity contribution in [2.75, 3.05) is 20.6 Å². The van der Waals surface area contributed by atoms with Crippen LogP contribution in [0.3, 0.4) is 0 Å². The zero-order valence-electron chi connectivity index (χ0n) is 15.7. The lowest BCUT2D eigenvalue weighted by Crippen LogP contribution is -2.26. The molecule has 0 N–H and O–H groups in total. The molecule has 0 radical (unpaired) electrons. The van der Waals surface area contributed by atoms with Gasteiger partial charge in [-0.1, -0.05) is 73.4 Å². The van der Waals surface area contributed by atoms with Crippen molar-refractivity contribution in [3.8, 4) is 0 Å². The average molecular weight is 334 g/mol. The fourth-order valence-corrected chi connectivity index (χ4v) is 5.19. The van der Waals surface area contributed by atoms with Gasteiger partial charge in [0.2, 0.25) is 0 Å². The maximum atomic E-state index is 2.51. The number of benzene rings is 1. The molecule has 0 heterocycles. The highest BCUT2D eigenvalue weighted by atomic mass is 15.0. The molecule has 1 fully saturated rings. The van der Waals surface area contributed by atoms with E-state index >= 15 is 0 Å². The summed E-state index contributed by atoms with van der Waals surface area (Å²) in [5, 5.41) is 0. The van der Waals surface area contributed by atoms with E-state index in [0.717, 1.165) is 18.9 Å². The van der Waals surface area contributed by atoms with Gasteiger partial charge in [-0.3, -0.25) is 0 Å². The van der Waals surface area contributed by atoms with Crippen LogP contribution < -0.4 is 0 Å². The number of rotatable bonds is 4. The Hall–Kier alpha value is -1.60. The molecule has 2 atom stereocenters. The largest absolute Gasteiger partial charge is 0.305 e. The van der Waals surface area contributed by atoms with Crippen molar-refractivity contribution in [1.82, 2.24) is 4.90 Å². The Bertz CT molecular complexity index is 701. The topological polar surface area (TPSA) is 3.24 Å². The molecule has 0 spiro atoms. The molecular weight excluding hydrogens is 302 g/mol. The van der Waals surface area contributed by atoms with E-state index in [4.69, 9.17) is 0 Å². The SMILES string of the molecule is CN(C)CC1=CCC(C2C=Cc3ccccc3C2C2CCCCC2)=C1. The van der Waals surface area contributed by atoms with Crippen molar-refractivity contribution >= 4 is 6.08 Å². The number of likely N-dealkylation sites (N-methyl/N-ethyl adjacent to an activating group) is 1. The van der Waals surface area contributed by atoms with Gasteiger partial charge in [-0.2, -0.15) is 0 Å². The standard InChI is InChI=1S/C24H31N/c1-25(2)17-18-12-13-21(16-18)23-15-14-19-8-6-7-11-22(19)24(23)20-9-4-3-5-10-20/h6-8,11-12,14-16,20,23-24H,3-5,9-10,13,17H2,1-2H3. The lowest BCUT2D eigenvalue weighted by molar-refractivity contribution is 0.276. The van der Waals surface area contributed by atoms with Gasteiger partial charge in [0.1, 0.15) is 0 Å². The normalized spacial score (nSPS) is 26.5. The zero-order valence-corrected chi connectivity index (χ0v) is 15.7. The molecule has 1 aromatic rings. The molecule has 0 aliphatic heterocycles. The lowest BCUT2D eigenvalue weighted by atomic mass is 9.66. The molecule has 1 heteroatoms. The quantitative estimate of drug-likeness (QED) is 0.672. The molecule has 0 bridgehead atoms. The first-order valence-corrected chi connectivity index (χ1v) is 10.0. The van der Waals surface area contributed by atoms with Crippen LogP contribution in [-0.4, -0.2) is 25.5 Å². The third-order valence-corrected chi connectivity index (χ3v) is 6.28. The first-order valence-electron chi connectivity index (χ1n) is 10.0. The summed E-state index contributed by atoms with van der Waals surface area (Å²) >= 11 is 0. The molecule has 25 heavy (non-hydrogen) atoms. The van der Waals surface area contributed by atoms with Crippen molar-refractivity contribution in [1.29, 1.82) is 0 Å². The molecule has 132 valence electrons. The first kappa shape index (κ1) is 16.8. The third-order valence-electron chi connectivity index (χ3n) is 6.28. The van der Waals surface area contributed by atoms with E-state index in [9.17, 15) is 0 Å². The molecule has 1 saturated carbocycles. The molecule has 1 nitrogen and oxygen atoms in total. The van der Waals surface area contributed by atoms with Crippen LogP contribution in [0.5, 0.6) is 0 Å². The highest BCUT2D eigenvalue weighted by molar-refractivity contribution is 5.60. The minimum absolute atomic E-state index is 0.592. The highest BCUT2D eigenvalue weighted by Crippen LogP contribution is 2.48. The number of hydrogen-bond acceptors (Lipinski definition) is 1. The number of allylic oxidation sites excluding steroid dienone is 3. The minimum atomic E-state index is 0.592. The van der Waals surface area contributed by atoms with Crippen LogP contribution in [0, 0.1) is 11.8 Å².